The number of hydrogen-bond donors (Lipinski definition) is 1. The van der Waals surface area contributed by atoms with Gasteiger partial charge in [0.1, 0.15) is 17.0 Å². The fourth-order valence-corrected chi connectivity index (χ4v) is 6.72. The standard InChI is InChI=1S/C18H23ClN2O4S/c1-18(2)9-11-3-6-14(19)15(16(11)25-18)20-17(22)21-8-7-12-4-5-13(10-21)26(12,23)24/h3,6,12-13H,4-5,7-10H2,1-2H3,(H,20,22). The van der Waals surface area contributed by atoms with E-state index in [9.17, 15) is 13.2 Å². The minimum absolute atomic E-state index is 0.240. The van der Waals surface area contributed by atoms with E-state index in [4.69, 9.17) is 16.3 Å². The van der Waals surface area contributed by atoms with E-state index in [0.29, 0.717) is 42.3 Å². The van der Waals surface area contributed by atoms with Gasteiger partial charge in [-0.2, -0.15) is 0 Å². The first kappa shape index (κ1) is 17.9. The summed E-state index contributed by atoms with van der Waals surface area (Å²) in [5.74, 6) is 0.611. The van der Waals surface area contributed by atoms with Gasteiger partial charge in [0.25, 0.3) is 0 Å². The molecule has 1 aromatic rings. The number of nitrogens with one attached hydrogen (secondary N) is 1. The van der Waals surface area contributed by atoms with Gasteiger partial charge in [-0.3, -0.25) is 0 Å². The highest BCUT2D eigenvalue weighted by Gasteiger charge is 2.44. The lowest BCUT2D eigenvalue weighted by Gasteiger charge is -2.25. The minimum atomic E-state index is -3.11. The van der Waals surface area contributed by atoms with Gasteiger partial charge < -0.3 is 15.0 Å². The molecule has 2 bridgehead atoms. The maximum Gasteiger partial charge on any atom is 0.322 e. The van der Waals surface area contributed by atoms with Gasteiger partial charge in [-0.1, -0.05) is 17.7 Å². The monoisotopic (exact) mass is 398 g/mol. The molecule has 2 atom stereocenters. The Kier molecular flexibility index (Phi) is 4.15. The van der Waals surface area contributed by atoms with Crippen molar-refractivity contribution in [3.8, 4) is 5.75 Å². The fraction of sp³-hybridized carbons (Fsp3) is 0.611. The fourth-order valence-electron chi connectivity index (χ4n) is 4.23. The Morgan fingerprint density at radius 2 is 2.00 bits per heavy atom. The van der Waals surface area contributed by atoms with E-state index in [1.807, 2.05) is 19.9 Å². The van der Waals surface area contributed by atoms with E-state index >= 15 is 0 Å². The van der Waals surface area contributed by atoms with Crippen LogP contribution in [0.5, 0.6) is 5.75 Å². The predicted octanol–water partition coefficient (Wildman–Crippen LogP) is 3.24. The lowest BCUT2D eigenvalue weighted by atomic mass is 10.0. The van der Waals surface area contributed by atoms with Crippen molar-refractivity contribution >= 4 is 33.2 Å². The smallest absolute Gasteiger partial charge is 0.322 e. The first-order valence-corrected chi connectivity index (χ1v) is 11.0. The zero-order valence-electron chi connectivity index (χ0n) is 14.9. The molecule has 2 fully saturated rings. The van der Waals surface area contributed by atoms with Gasteiger partial charge in [0, 0.05) is 25.1 Å². The van der Waals surface area contributed by atoms with E-state index in [1.54, 1.807) is 11.0 Å². The van der Waals surface area contributed by atoms with Crippen LogP contribution in [0.1, 0.15) is 38.7 Å². The molecule has 0 spiro atoms. The maximum atomic E-state index is 12.8. The van der Waals surface area contributed by atoms with Crippen LogP contribution in [0.4, 0.5) is 10.5 Å². The summed E-state index contributed by atoms with van der Waals surface area (Å²) in [7, 11) is -3.11. The Morgan fingerprint density at radius 3 is 2.77 bits per heavy atom. The van der Waals surface area contributed by atoms with Crippen molar-refractivity contribution in [2.45, 2.75) is 55.6 Å². The number of hydrogen-bond acceptors (Lipinski definition) is 4. The molecular weight excluding hydrogens is 376 g/mol. The molecule has 8 heteroatoms. The quantitative estimate of drug-likeness (QED) is 0.787. The SMILES string of the molecule is CC1(C)Cc2ccc(Cl)c(NC(=O)N3CCC4CCC(C3)S4(=O)=O)c2O1. The van der Waals surface area contributed by atoms with Gasteiger partial charge in [-0.05, 0) is 39.2 Å². The molecule has 142 valence electrons. The number of urea groups is 1. The van der Waals surface area contributed by atoms with Gasteiger partial charge in [0.2, 0.25) is 0 Å². The number of ether oxygens (including phenoxy) is 1. The number of carbonyl (C=O) groups excluding carboxylic acids is 1. The molecule has 2 amide bonds. The summed E-state index contributed by atoms with van der Waals surface area (Å²) >= 11 is 6.32. The van der Waals surface area contributed by atoms with E-state index < -0.39 is 15.1 Å². The number of likely N-dealkylation sites (tertiary alicyclic amines) is 1. The molecule has 2 unspecified atom stereocenters. The molecule has 26 heavy (non-hydrogen) atoms. The Labute approximate surface area is 158 Å². The molecule has 0 radical (unpaired) electrons. The van der Waals surface area contributed by atoms with E-state index in [-0.39, 0.29) is 23.4 Å². The molecule has 0 aromatic heterocycles. The minimum Gasteiger partial charge on any atom is -0.485 e. The average Bonchev–Trinajstić information content (AvgIpc) is 2.94. The summed E-state index contributed by atoms with van der Waals surface area (Å²) < 4.78 is 30.8. The topological polar surface area (TPSA) is 75.7 Å². The molecule has 0 aliphatic carbocycles. The number of rotatable bonds is 1. The zero-order valence-corrected chi connectivity index (χ0v) is 16.5. The second-order valence-corrected chi connectivity index (χ2v) is 10.9. The van der Waals surface area contributed by atoms with Crippen molar-refractivity contribution in [3.05, 3.63) is 22.7 Å². The van der Waals surface area contributed by atoms with Crippen LogP contribution in [-0.2, 0) is 16.3 Å². The van der Waals surface area contributed by atoms with E-state index in [0.717, 1.165) is 12.0 Å². The van der Waals surface area contributed by atoms with Crippen LogP contribution in [0.15, 0.2) is 12.1 Å². The largest absolute Gasteiger partial charge is 0.485 e. The summed E-state index contributed by atoms with van der Waals surface area (Å²) in [4.78, 5) is 14.4. The number of anilines is 1. The van der Waals surface area contributed by atoms with Crippen LogP contribution >= 0.6 is 11.6 Å². The van der Waals surface area contributed by atoms with Crippen LogP contribution in [0.3, 0.4) is 0 Å². The lowest BCUT2D eigenvalue weighted by molar-refractivity contribution is 0.139. The number of halogens is 1. The van der Waals surface area contributed by atoms with Gasteiger partial charge in [0.05, 0.1) is 15.5 Å². The van der Waals surface area contributed by atoms with E-state index in [1.165, 1.54) is 0 Å². The molecule has 3 aliphatic heterocycles. The van der Waals surface area contributed by atoms with Crippen molar-refractivity contribution in [1.82, 2.24) is 4.90 Å². The predicted molar refractivity (Wildman–Crippen MR) is 101 cm³/mol. The summed E-state index contributed by atoms with van der Waals surface area (Å²) in [6.45, 7) is 4.65. The highest BCUT2D eigenvalue weighted by Crippen LogP contribution is 2.44. The van der Waals surface area contributed by atoms with Crippen LogP contribution in [0.25, 0.3) is 0 Å². The van der Waals surface area contributed by atoms with Crippen molar-refractivity contribution in [1.29, 1.82) is 0 Å². The third-order valence-corrected chi connectivity index (χ3v) is 8.62. The summed E-state index contributed by atoms with van der Waals surface area (Å²) in [6.07, 6.45) is 2.59. The Bertz CT molecular complexity index is 868. The first-order valence-electron chi connectivity index (χ1n) is 8.96. The van der Waals surface area contributed by atoms with E-state index in [2.05, 4.69) is 5.32 Å². The number of carbonyl (C=O) groups is 1. The van der Waals surface area contributed by atoms with Crippen LogP contribution < -0.4 is 10.1 Å². The highest BCUT2D eigenvalue weighted by molar-refractivity contribution is 7.93. The van der Waals surface area contributed by atoms with Crippen molar-refractivity contribution in [2.24, 2.45) is 0 Å². The summed E-state index contributed by atoms with van der Waals surface area (Å²) in [5.41, 5.74) is 1.13. The van der Waals surface area contributed by atoms with Crippen molar-refractivity contribution in [3.63, 3.8) is 0 Å². The zero-order chi connectivity index (χ0) is 18.7. The highest BCUT2D eigenvalue weighted by atomic mass is 35.5. The van der Waals surface area contributed by atoms with Crippen LogP contribution in [0, 0.1) is 0 Å². The molecule has 6 nitrogen and oxygen atoms in total. The number of amides is 2. The van der Waals surface area contributed by atoms with Crippen molar-refractivity contribution in [2.75, 3.05) is 18.4 Å². The molecule has 2 saturated heterocycles. The van der Waals surface area contributed by atoms with Gasteiger partial charge in [-0.25, -0.2) is 13.2 Å². The normalized spacial score (nSPS) is 28.2. The molecule has 1 N–H and O–H groups in total. The van der Waals surface area contributed by atoms with Gasteiger partial charge >= 0.3 is 6.03 Å². The third kappa shape index (κ3) is 2.95. The van der Waals surface area contributed by atoms with Gasteiger partial charge in [0.15, 0.2) is 9.84 Å². The molecule has 1 aromatic carbocycles. The number of benzene rings is 1. The molecule has 3 heterocycles. The lowest BCUT2D eigenvalue weighted by Crippen LogP contribution is -2.40. The Morgan fingerprint density at radius 1 is 1.27 bits per heavy atom. The third-order valence-electron chi connectivity index (χ3n) is 5.59. The first-order chi connectivity index (χ1) is 12.2. The summed E-state index contributed by atoms with van der Waals surface area (Å²) in [6, 6.07) is 3.35. The molecule has 4 rings (SSSR count). The molecular formula is C18H23ClN2O4S. The van der Waals surface area contributed by atoms with Crippen LogP contribution in [-0.4, -0.2) is 48.5 Å². The second kappa shape index (κ2) is 6.02. The van der Waals surface area contributed by atoms with Crippen LogP contribution in [0.2, 0.25) is 5.02 Å². The molecule has 0 saturated carbocycles. The Hall–Kier alpha value is -1.47. The van der Waals surface area contributed by atoms with Crippen molar-refractivity contribution < 1.29 is 17.9 Å². The second-order valence-electron chi connectivity index (χ2n) is 8.02. The number of sulfone groups is 1. The number of fused-ring (bicyclic) bond motifs is 3. The Balaban J connectivity index is 1.56. The summed E-state index contributed by atoms with van der Waals surface area (Å²) in [5, 5.41) is 2.53. The number of nitrogens with zero attached hydrogens (tertiary/aromatic N) is 1. The average molecular weight is 399 g/mol. The van der Waals surface area contributed by atoms with Gasteiger partial charge in [-0.15, -0.1) is 0 Å². The molecule has 3 aliphatic rings. The maximum absolute atomic E-state index is 12.8.